The lowest BCUT2D eigenvalue weighted by molar-refractivity contribution is -0.122. The summed E-state index contributed by atoms with van der Waals surface area (Å²) in [6.45, 7) is 3.46. The molecule has 1 aromatic carbocycles. The van der Waals surface area contributed by atoms with Crippen molar-refractivity contribution in [2.24, 2.45) is 5.92 Å². The molecule has 1 saturated heterocycles. The van der Waals surface area contributed by atoms with Gasteiger partial charge in [0.1, 0.15) is 11.5 Å². The molecule has 1 atom stereocenters. The molecule has 2 aromatic rings. The normalized spacial score (nSPS) is 17.6. The molecule has 0 aliphatic carbocycles. The summed E-state index contributed by atoms with van der Waals surface area (Å²) >= 11 is 0. The number of rotatable bonds is 5. The highest BCUT2D eigenvalue weighted by atomic mass is 16.5. The Morgan fingerprint density at radius 3 is 2.83 bits per heavy atom. The van der Waals surface area contributed by atoms with E-state index in [4.69, 9.17) is 4.74 Å². The van der Waals surface area contributed by atoms with Crippen LogP contribution in [0.5, 0.6) is 5.75 Å². The van der Waals surface area contributed by atoms with Crippen molar-refractivity contribution < 1.29 is 9.53 Å². The molecule has 3 rings (SSSR count). The van der Waals surface area contributed by atoms with Gasteiger partial charge in [0.15, 0.2) is 0 Å². The van der Waals surface area contributed by atoms with E-state index in [1.165, 1.54) is 0 Å². The number of carbonyl (C=O) groups excluding carboxylic acids is 1. The summed E-state index contributed by atoms with van der Waals surface area (Å²) in [5, 5.41) is 8.27. The number of benzene rings is 1. The lowest BCUT2D eigenvalue weighted by Crippen LogP contribution is -2.39. The second-order valence-electron chi connectivity index (χ2n) is 5.98. The lowest BCUT2D eigenvalue weighted by Gasteiger charge is -2.31. The van der Waals surface area contributed by atoms with Crippen LogP contribution in [0.3, 0.4) is 0 Å². The van der Waals surface area contributed by atoms with Crippen LogP contribution < -0.4 is 9.64 Å². The third kappa shape index (κ3) is 3.53. The van der Waals surface area contributed by atoms with Gasteiger partial charge in [-0.3, -0.25) is 4.79 Å². The molecule has 0 unspecified atom stereocenters. The summed E-state index contributed by atoms with van der Waals surface area (Å²) < 4.78 is 5.18. The average molecular weight is 326 g/mol. The SMILES string of the molecule is CCC(=O)[C@H]1CCCN(c2nncc(-c3ccc(OC)cc3)n2)C1. The number of carbonyl (C=O) groups is 1. The Morgan fingerprint density at radius 2 is 2.12 bits per heavy atom. The van der Waals surface area contributed by atoms with Crippen LogP contribution in [-0.2, 0) is 4.79 Å². The number of Topliss-reactive ketones (excluding diaryl/α,β-unsaturated/α-hetero) is 1. The highest BCUT2D eigenvalue weighted by molar-refractivity contribution is 5.81. The monoisotopic (exact) mass is 326 g/mol. The molecule has 6 heteroatoms. The number of piperidine rings is 1. The summed E-state index contributed by atoms with van der Waals surface area (Å²) in [6.07, 6.45) is 4.18. The predicted octanol–water partition coefficient (Wildman–Crippen LogP) is 2.74. The summed E-state index contributed by atoms with van der Waals surface area (Å²) in [5.41, 5.74) is 1.73. The van der Waals surface area contributed by atoms with E-state index < -0.39 is 0 Å². The fourth-order valence-corrected chi connectivity index (χ4v) is 3.04. The Labute approximate surface area is 141 Å². The molecule has 24 heavy (non-hydrogen) atoms. The Kier molecular flexibility index (Phi) is 5.03. The van der Waals surface area contributed by atoms with E-state index in [9.17, 15) is 4.79 Å². The first kappa shape index (κ1) is 16.4. The number of anilines is 1. The van der Waals surface area contributed by atoms with Gasteiger partial charge in [0.2, 0.25) is 5.95 Å². The molecule has 1 fully saturated rings. The minimum atomic E-state index is 0.0805. The fraction of sp³-hybridized carbons (Fsp3) is 0.444. The number of aromatic nitrogens is 3. The minimum absolute atomic E-state index is 0.0805. The van der Waals surface area contributed by atoms with E-state index in [0.717, 1.165) is 36.4 Å². The van der Waals surface area contributed by atoms with Crippen molar-refractivity contribution >= 4 is 11.7 Å². The summed E-state index contributed by atoms with van der Waals surface area (Å²) in [6, 6.07) is 7.69. The van der Waals surface area contributed by atoms with Crippen LogP contribution in [0.25, 0.3) is 11.3 Å². The number of nitrogens with zero attached hydrogens (tertiary/aromatic N) is 4. The van der Waals surface area contributed by atoms with Gasteiger partial charge < -0.3 is 9.64 Å². The van der Waals surface area contributed by atoms with Gasteiger partial charge in [-0.05, 0) is 37.1 Å². The van der Waals surface area contributed by atoms with Crippen molar-refractivity contribution in [2.45, 2.75) is 26.2 Å². The smallest absolute Gasteiger partial charge is 0.245 e. The topological polar surface area (TPSA) is 68.2 Å². The highest BCUT2D eigenvalue weighted by Crippen LogP contribution is 2.24. The fourth-order valence-electron chi connectivity index (χ4n) is 3.04. The van der Waals surface area contributed by atoms with E-state index in [1.807, 2.05) is 31.2 Å². The largest absolute Gasteiger partial charge is 0.497 e. The number of methoxy groups -OCH3 is 1. The van der Waals surface area contributed by atoms with E-state index in [-0.39, 0.29) is 5.92 Å². The van der Waals surface area contributed by atoms with Gasteiger partial charge >= 0.3 is 0 Å². The van der Waals surface area contributed by atoms with Crippen molar-refractivity contribution in [3.05, 3.63) is 30.5 Å². The zero-order valence-electron chi connectivity index (χ0n) is 14.1. The van der Waals surface area contributed by atoms with Gasteiger partial charge in [0.25, 0.3) is 0 Å². The maximum Gasteiger partial charge on any atom is 0.245 e. The molecule has 0 radical (unpaired) electrons. The van der Waals surface area contributed by atoms with Gasteiger partial charge in [-0.15, -0.1) is 5.10 Å². The van der Waals surface area contributed by atoms with Crippen LogP contribution in [0.2, 0.25) is 0 Å². The Bertz CT molecular complexity index is 702. The van der Waals surface area contributed by atoms with Crippen LogP contribution in [0, 0.1) is 5.92 Å². The van der Waals surface area contributed by atoms with E-state index in [0.29, 0.717) is 24.7 Å². The molecule has 126 valence electrons. The summed E-state index contributed by atoms with van der Waals surface area (Å²) in [7, 11) is 1.64. The molecule has 1 aromatic heterocycles. The Hall–Kier alpha value is -2.50. The second-order valence-corrected chi connectivity index (χ2v) is 5.98. The average Bonchev–Trinajstić information content (AvgIpc) is 2.67. The molecule has 1 aliphatic heterocycles. The molecular formula is C18H22N4O2. The molecule has 0 saturated carbocycles. The number of hydrogen-bond donors (Lipinski definition) is 0. The Morgan fingerprint density at radius 1 is 1.33 bits per heavy atom. The van der Waals surface area contributed by atoms with Gasteiger partial charge in [-0.25, -0.2) is 4.98 Å². The summed E-state index contributed by atoms with van der Waals surface area (Å²) in [4.78, 5) is 18.7. The lowest BCUT2D eigenvalue weighted by atomic mass is 9.93. The van der Waals surface area contributed by atoms with Gasteiger partial charge in [-0.1, -0.05) is 6.92 Å². The third-order valence-corrected chi connectivity index (χ3v) is 4.44. The van der Waals surface area contributed by atoms with Crippen LogP contribution >= 0.6 is 0 Å². The minimum Gasteiger partial charge on any atom is -0.497 e. The van der Waals surface area contributed by atoms with Crippen molar-refractivity contribution in [1.29, 1.82) is 0 Å². The van der Waals surface area contributed by atoms with Crippen LogP contribution in [-0.4, -0.2) is 41.2 Å². The molecule has 0 amide bonds. The van der Waals surface area contributed by atoms with E-state index in [2.05, 4.69) is 20.1 Å². The van der Waals surface area contributed by atoms with Crippen molar-refractivity contribution in [2.75, 3.05) is 25.1 Å². The van der Waals surface area contributed by atoms with Gasteiger partial charge in [0, 0.05) is 31.0 Å². The quantitative estimate of drug-likeness (QED) is 0.841. The predicted molar refractivity (Wildman–Crippen MR) is 92.1 cm³/mol. The molecule has 2 heterocycles. The number of ether oxygens (including phenoxy) is 1. The number of hydrogen-bond acceptors (Lipinski definition) is 6. The van der Waals surface area contributed by atoms with Crippen molar-refractivity contribution in [1.82, 2.24) is 15.2 Å². The first-order valence-corrected chi connectivity index (χ1v) is 8.33. The first-order valence-electron chi connectivity index (χ1n) is 8.33. The standard InChI is InChI=1S/C18H22N4O2/c1-3-17(23)14-5-4-10-22(12-14)18-20-16(11-19-21-18)13-6-8-15(24-2)9-7-13/h6-9,11,14H,3-5,10,12H2,1-2H3/t14-/m0/s1. The molecule has 1 aliphatic rings. The molecular weight excluding hydrogens is 304 g/mol. The first-order chi connectivity index (χ1) is 11.7. The van der Waals surface area contributed by atoms with Crippen molar-refractivity contribution in [3.63, 3.8) is 0 Å². The van der Waals surface area contributed by atoms with Crippen molar-refractivity contribution in [3.8, 4) is 17.0 Å². The molecule has 0 bridgehead atoms. The van der Waals surface area contributed by atoms with E-state index in [1.54, 1.807) is 13.3 Å². The molecule has 6 nitrogen and oxygen atoms in total. The van der Waals surface area contributed by atoms with Crippen LogP contribution in [0.4, 0.5) is 5.95 Å². The summed E-state index contributed by atoms with van der Waals surface area (Å²) in [5.74, 6) is 1.80. The van der Waals surface area contributed by atoms with Crippen LogP contribution in [0.1, 0.15) is 26.2 Å². The molecule has 0 N–H and O–H groups in total. The maximum atomic E-state index is 12.0. The second kappa shape index (κ2) is 7.38. The molecule has 0 spiro atoms. The maximum absolute atomic E-state index is 12.0. The highest BCUT2D eigenvalue weighted by Gasteiger charge is 2.26. The third-order valence-electron chi connectivity index (χ3n) is 4.44. The van der Waals surface area contributed by atoms with Gasteiger partial charge in [0.05, 0.1) is 19.0 Å². The van der Waals surface area contributed by atoms with Gasteiger partial charge in [-0.2, -0.15) is 5.10 Å². The Balaban J connectivity index is 1.80. The number of ketones is 1. The van der Waals surface area contributed by atoms with Crippen LogP contribution in [0.15, 0.2) is 30.5 Å². The zero-order valence-corrected chi connectivity index (χ0v) is 14.1. The van der Waals surface area contributed by atoms with E-state index >= 15 is 0 Å². The zero-order chi connectivity index (χ0) is 16.9.